The quantitative estimate of drug-likeness (QED) is 0.0964. The van der Waals surface area contributed by atoms with Crippen LogP contribution in [0, 0.1) is 5.82 Å². The second-order valence-corrected chi connectivity index (χ2v) is 10.6. The Morgan fingerprint density at radius 2 is 1.49 bits per heavy atom. The van der Waals surface area contributed by atoms with Gasteiger partial charge in [-0.25, -0.2) is 4.39 Å². The van der Waals surface area contributed by atoms with Crippen LogP contribution in [0.1, 0.15) is 60.5 Å². The largest absolute Gasteiger partial charge is 0.489 e. The van der Waals surface area contributed by atoms with E-state index < -0.39 is 35.1 Å². The minimum Gasteiger partial charge on any atom is -0.489 e. The van der Waals surface area contributed by atoms with Crippen LogP contribution in [0.4, 0.5) is 36.4 Å². The molecule has 0 aromatic heterocycles. The molecule has 4 aromatic carbocycles. The lowest BCUT2D eigenvalue weighted by molar-refractivity contribution is -0.143. The molecule has 0 fully saturated rings. The number of nitrogen functional groups attached to an aromatic ring is 1. The van der Waals surface area contributed by atoms with Crippen molar-refractivity contribution >= 4 is 23.3 Å². The van der Waals surface area contributed by atoms with Crippen LogP contribution in [0.25, 0.3) is 6.08 Å². The molecule has 0 radical (unpaired) electrons. The summed E-state index contributed by atoms with van der Waals surface area (Å²) in [7, 11) is 0. The van der Waals surface area contributed by atoms with Crippen LogP contribution in [0.15, 0.2) is 84.4 Å². The molecule has 0 spiro atoms. The SMILES string of the molecule is Nc1cc(F)ccc1CC(=O)c1ccc(COc2ccc3c(c2)CC/C(=C\c2cc(C(F)(F)F)cc(C(F)(F)F)c2)C3=O)cc1. The number of hydrogen-bond donors (Lipinski definition) is 1. The molecule has 0 aliphatic heterocycles. The Balaban J connectivity index is 1.25. The highest BCUT2D eigenvalue weighted by atomic mass is 19.4. The molecular formula is C34H24F7NO3. The summed E-state index contributed by atoms with van der Waals surface area (Å²) in [5.74, 6) is -0.715. The lowest BCUT2D eigenvalue weighted by Gasteiger charge is -2.19. The smallest absolute Gasteiger partial charge is 0.416 e. The number of rotatable bonds is 7. The van der Waals surface area contributed by atoms with Crippen molar-refractivity contribution in [2.45, 2.75) is 38.2 Å². The Hall–Kier alpha value is -4.93. The number of nitrogens with two attached hydrogens (primary N) is 1. The van der Waals surface area contributed by atoms with Crippen molar-refractivity contribution in [3.05, 3.63) is 135 Å². The molecule has 0 atom stereocenters. The minimum atomic E-state index is -4.99. The average Bonchev–Trinajstić information content (AvgIpc) is 2.98. The van der Waals surface area contributed by atoms with Gasteiger partial charge in [0, 0.05) is 28.8 Å². The summed E-state index contributed by atoms with van der Waals surface area (Å²) in [6.45, 7) is 0.147. The first kappa shape index (κ1) is 31.5. The zero-order valence-electron chi connectivity index (χ0n) is 23.4. The molecule has 0 saturated heterocycles. The van der Waals surface area contributed by atoms with E-state index in [2.05, 4.69) is 0 Å². The fourth-order valence-electron chi connectivity index (χ4n) is 5.00. The number of Topliss-reactive ketones (excluding diaryl/α,β-unsaturated/α-hetero) is 2. The highest BCUT2D eigenvalue weighted by Gasteiger charge is 2.37. The van der Waals surface area contributed by atoms with Gasteiger partial charge in [0.1, 0.15) is 18.2 Å². The summed E-state index contributed by atoms with van der Waals surface area (Å²) in [5, 5.41) is 0. The number of fused-ring (bicyclic) bond motifs is 1. The Bertz CT molecular complexity index is 1770. The highest BCUT2D eigenvalue weighted by molar-refractivity contribution is 6.13. The van der Waals surface area contributed by atoms with E-state index in [-0.39, 0.29) is 53.7 Å². The van der Waals surface area contributed by atoms with E-state index in [4.69, 9.17) is 10.5 Å². The molecule has 1 aliphatic carbocycles. The number of alkyl halides is 6. The number of aryl methyl sites for hydroxylation is 1. The van der Waals surface area contributed by atoms with Crippen molar-refractivity contribution in [3.63, 3.8) is 0 Å². The first-order valence-corrected chi connectivity index (χ1v) is 13.6. The number of ketones is 2. The van der Waals surface area contributed by atoms with Gasteiger partial charge in [-0.15, -0.1) is 0 Å². The Morgan fingerprint density at radius 3 is 2.11 bits per heavy atom. The molecule has 4 aromatic rings. The average molecular weight is 628 g/mol. The number of halogens is 7. The van der Waals surface area contributed by atoms with Crippen LogP contribution >= 0.6 is 0 Å². The molecule has 0 unspecified atom stereocenters. The van der Waals surface area contributed by atoms with Gasteiger partial charge in [-0.2, -0.15) is 26.3 Å². The van der Waals surface area contributed by atoms with Gasteiger partial charge in [0.2, 0.25) is 0 Å². The number of ether oxygens (including phenoxy) is 1. The molecular weight excluding hydrogens is 603 g/mol. The maximum absolute atomic E-state index is 13.3. The predicted molar refractivity (Wildman–Crippen MR) is 153 cm³/mol. The van der Waals surface area contributed by atoms with Gasteiger partial charge in [-0.05, 0) is 89.7 Å². The van der Waals surface area contributed by atoms with Gasteiger partial charge in [0.05, 0.1) is 11.1 Å². The van der Waals surface area contributed by atoms with Crippen LogP contribution in [0.3, 0.4) is 0 Å². The number of anilines is 1. The van der Waals surface area contributed by atoms with Crippen molar-refractivity contribution in [1.29, 1.82) is 0 Å². The maximum atomic E-state index is 13.3. The van der Waals surface area contributed by atoms with Crippen LogP contribution in [-0.4, -0.2) is 11.6 Å². The van der Waals surface area contributed by atoms with E-state index in [9.17, 15) is 40.3 Å². The summed E-state index contributed by atoms with van der Waals surface area (Å²) in [6, 6.07) is 16.5. The van der Waals surface area contributed by atoms with Gasteiger partial charge < -0.3 is 10.5 Å². The van der Waals surface area contributed by atoms with E-state index in [0.717, 1.165) is 17.7 Å². The fourth-order valence-corrected chi connectivity index (χ4v) is 5.00. The molecule has 4 nitrogen and oxygen atoms in total. The van der Waals surface area contributed by atoms with Gasteiger partial charge in [0.15, 0.2) is 11.6 Å². The first-order chi connectivity index (χ1) is 21.2. The molecule has 0 bridgehead atoms. The number of hydrogen-bond acceptors (Lipinski definition) is 4. The van der Waals surface area contributed by atoms with Crippen molar-refractivity contribution in [3.8, 4) is 5.75 Å². The van der Waals surface area contributed by atoms with Crippen LogP contribution in [-0.2, 0) is 31.8 Å². The zero-order valence-corrected chi connectivity index (χ0v) is 23.4. The summed E-state index contributed by atoms with van der Waals surface area (Å²) in [5.41, 5.74) is 5.46. The van der Waals surface area contributed by atoms with E-state index >= 15 is 0 Å². The number of carbonyl (C=O) groups is 2. The van der Waals surface area contributed by atoms with E-state index in [1.54, 1.807) is 36.4 Å². The fraction of sp³-hybridized carbons (Fsp3) is 0.176. The summed E-state index contributed by atoms with van der Waals surface area (Å²) >= 11 is 0. The Kier molecular flexibility index (Phi) is 8.55. The Labute approximate surface area is 252 Å². The molecule has 1 aliphatic rings. The number of allylic oxidation sites excluding steroid dienone is 1. The van der Waals surface area contributed by atoms with Crippen molar-refractivity contribution in [2.75, 3.05) is 5.73 Å². The van der Waals surface area contributed by atoms with Crippen molar-refractivity contribution in [1.82, 2.24) is 0 Å². The minimum absolute atomic E-state index is 0.0151. The zero-order chi connectivity index (χ0) is 32.5. The molecule has 5 rings (SSSR count). The summed E-state index contributed by atoms with van der Waals surface area (Å²) in [4.78, 5) is 25.7. The standard InChI is InChI=1S/C34H24F7NO3/c35-27-8-7-23(30(42)17-27)15-31(43)21-3-1-19(2-4-21)18-45-28-9-10-29-22(14-28)5-6-24(32(29)44)11-20-12-25(33(36,37)38)16-26(13-20)34(39,40)41/h1-4,7-14,16-17H,5-6,15,18,42H2/b24-11+. The van der Waals surface area contributed by atoms with Crippen LogP contribution < -0.4 is 10.5 Å². The molecule has 0 saturated carbocycles. The predicted octanol–water partition coefficient (Wildman–Crippen LogP) is 8.66. The second kappa shape index (κ2) is 12.2. The van der Waals surface area contributed by atoms with Gasteiger partial charge in [-0.3, -0.25) is 9.59 Å². The highest BCUT2D eigenvalue weighted by Crippen LogP contribution is 2.37. The lowest BCUT2D eigenvalue weighted by Crippen LogP contribution is -2.15. The third-order valence-corrected chi connectivity index (χ3v) is 7.37. The molecule has 0 heterocycles. The van der Waals surface area contributed by atoms with E-state index in [1.807, 2.05) is 0 Å². The third kappa shape index (κ3) is 7.42. The Morgan fingerprint density at radius 1 is 0.822 bits per heavy atom. The van der Waals surface area contributed by atoms with Crippen molar-refractivity contribution < 1.29 is 45.1 Å². The van der Waals surface area contributed by atoms with Gasteiger partial charge in [-0.1, -0.05) is 30.3 Å². The summed E-state index contributed by atoms with van der Waals surface area (Å²) in [6.07, 6.45) is -8.46. The molecule has 0 amide bonds. The molecule has 2 N–H and O–H groups in total. The lowest BCUT2D eigenvalue weighted by atomic mass is 9.85. The molecule has 232 valence electrons. The van der Waals surface area contributed by atoms with Gasteiger partial charge in [0.25, 0.3) is 0 Å². The molecule has 45 heavy (non-hydrogen) atoms. The maximum Gasteiger partial charge on any atom is 0.416 e. The third-order valence-electron chi connectivity index (χ3n) is 7.37. The first-order valence-electron chi connectivity index (χ1n) is 13.6. The number of benzene rings is 4. The second-order valence-electron chi connectivity index (χ2n) is 10.6. The van der Waals surface area contributed by atoms with Crippen LogP contribution in [0.5, 0.6) is 5.75 Å². The van der Waals surface area contributed by atoms with Crippen LogP contribution in [0.2, 0.25) is 0 Å². The summed E-state index contributed by atoms with van der Waals surface area (Å²) < 4.78 is 98.6. The number of carbonyl (C=O) groups excluding carboxylic acids is 2. The van der Waals surface area contributed by atoms with Crippen molar-refractivity contribution in [2.24, 2.45) is 0 Å². The monoisotopic (exact) mass is 627 g/mol. The normalized spacial score (nSPS) is 14.4. The van der Waals surface area contributed by atoms with E-state index in [1.165, 1.54) is 18.2 Å². The topological polar surface area (TPSA) is 69.4 Å². The molecule has 11 heteroatoms. The van der Waals surface area contributed by atoms with Gasteiger partial charge >= 0.3 is 12.4 Å². The van der Waals surface area contributed by atoms with E-state index in [0.29, 0.717) is 41.0 Å².